The van der Waals surface area contributed by atoms with Crippen molar-refractivity contribution in [2.24, 2.45) is 0 Å². The Bertz CT molecular complexity index is 393. The van der Waals surface area contributed by atoms with Crippen molar-refractivity contribution in [2.45, 2.75) is 38.3 Å². The van der Waals surface area contributed by atoms with Gasteiger partial charge in [0.15, 0.2) is 0 Å². The molecule has 1 aliphatic carbocycles. The highest BCUT2D eigenvalue weighted by atomic mass is 35.5. The van der Waals surface area contributed by atoms with Crippen LogP contribution in [0.5, 0.6) is 0 Å². The van der Waals surface area contributed by atoms with Crippen LogP contribution in [-0.2, 0) is 6.54 Å². The number of hydrogen-bond acceptors (Lipinski definition) is 2. The molecule has 0 aromatic heterocycles. The van der Waals surface area contributed by atoms with E-state index in [1.165, 1.54) is 31.7 Å². The zero-order valence-electron chi connectivity index (χ0n) is 10.4. The fourth-order valence-electron chi connectivity index (χ4n) is 2.66. The van der Waals surface area contributed by atoms with E-state index in [4.69, 9.17) is 16.7 Å². The summed E-state index contributed by atoms with van der Waals surface area (Å²) >= 11 is 5.68. The van der Waals surface area contributed by atoms with Crippen LogP contribution >= 0.6 is 11.6 Å². The SMILES string of the molecule is OCCN(Cc1ccc(Cl)c(F)c1)C1CCCC1. The molecule has 1 aromatic rings. The molecule has 18 heavy (non-hydrogen) atoms. The van der Waals surface area contributed by atoms with Crippen molar-refractivity contribution >= 4 is 11.6 Å². The molecule has 0 bridgehead atoms. The molecule has 2 rings (SSSR count). The van der Waals surface area contributed by atoms with E-state index in [9.17, 15) is 4.39 Å². The fourth-order valence-corrected chi connectivity index (χ4v) is 2.78. The quantitative estimate of drug-likeness (QED) is 0.889. The lowest BCUT2D eigenvalue weighted by molar-refractivity contribution is 0.144. The highest BCUT2D eigenvalue weighted by Gasteiger charge is 2.22. The summed E-state index contributed by atoms with van der Waals surface area (Å²) in [7, 11) is 0. The third kappa shape index (κ3) is 3.44. The fraction of sp³-hybridized carbons (Fsp3) is 0.571. The van der Waals surface area contributed by atoms with Crippen LogP contribution in [0.1, 0.15) is 31.2 Å². The van der Waals surface area contributed by atoms with E-state index in [2.05, 4.69) is 4.90 Å². The van der Waals surface area contributed by atoms with Crippen molar-refractivity contribution in [1.29, 1.82) is 0 Å². The molecule has 0 heterocycles. The molecule has 0 spiro atoms. The first kappa shape index (κ1) is 13.8. The van der Waals surface area contributed by atoms with Crippen LogP contribution in [-0.4, -0.2) is 29.2 Å². The van der Waals surface area contributed by atoms with Crippen molar-refractivity contribution in [2.75, 3.05) is 13.2 Å². The van der Waals surface area contributed by atoms with Gasteiger partial charge in [0.25, 0.3) is 0 Å². The molecule has 1 saturated carbocycles. The Morgan fingerprint density at radius 1 is 1.33 bits per heavy atom. The number of halogens is 2. The minimum atomic E-state index is -0.371. The third-order valence-corrected chi connectivity index (χ3v) is 3.90. The summed E-state index contributed by atoms with van der Waals surface area (Å²) in [5.74, 6) is -0.371. The van der Waals surface area contributed by atoms with E-state index in [1.54, 1.807) is 6.07 Å². The molecule has 0 unspecified atom stereocenters. The summed E-state index contributed by atoms with van der Waals surface area (Å²) in [6, 6.07) is 5.46. The van der Waals surface area contributed by atoms with E-state index in [0.29, 0.717) is 19.1 Å². The van der Waals surface area contributed by atoms with Crippen molar-refractivity contribution < 1.29 is 9.50 Å². The standard InChI is InChI=1S/C14H19ClFNO/c15-13-6-5-11(9-14(13)16)10-17(7-8-18)12-3-1-2-4-12/h5-6,9,12,18H,1-4,7-8,10H2. The van der Waals surface area contributed by atoms with Gasteiger partial charge in [0.2, 0.25) is 0 Å². The molecule has 1 aromatic carbocycles. The molecule has 0 radical (unpaired) electrons. The maximum atomic E-state index is 13.4. The Morgan fingerprint density at radius 2 is 2.06 bits per heavy atom. The molecule has 1 N–H and O–H groups in total. The van der Waals surface area contributed by atoms with Crippen molar-refractivity contribution in [1.82, 2.24) is 4.90 Å². The molecule has 0 amide bonds. The molecule has 1 fully saturated rings. The largest absolute Gasteiger partial charge is 0.395 e. The predicted octanol–water partition coefficient (Wildman–Crippen LogP) is 3.22. The smallest absolute Gasteiger partial charge is 0.142 e. The molecule has 4 heteroatoms. The van der Waals surface area contributed by atoms with Crippen LogP contribution in [0, 0.1) is 5.82 Å². The van der Waals surface area contributed by atoms with Crippen molar-refractivity contribution in [3.63, 3.8) is 0 Å². The van der Waals surface area contributed by atoms with Gasteiger partial charge in [-0.3, -0.25) is 4.90 Å². The Labute approximate surface area is 112 Å². The zero-order valence-corrected chi connectivity index (χ0v) is 11.2. The van der Waals surface area contributed by atoms with Crippen LogP contribution in [0.2, 0.25) is 5.02 Å². The summed E-state index contributed by atoms with van der Waals surface area (Å²) in [6.45, 7) is 1.47. The average molecular weight is 272 g/mol. The number of aliphatic hydroxyl groups is 1. The van der Waals surface area contributed by atoms with Crippen LogP contribution in [0.4, 0.5) is 4.39 Å². The molecule has 2 nitrogen and oxygen atoms in total. The number of hydrogen-bond donors (Lipinski definition) is 1. The van der Waals surface area contributed by atoms with E-state index in [-0.39, 0.29) is 17.4 Å². The average Bonchev–Trinajstić information content (AvgIpc) is 2.87. The van der Waals surface area contributed by atoms with Gasteiger partial charge in [-0.2, -0.15) is 0 Å². The van der Waals surface area contributed by atoms with Crippen molar-refractivity contribution in [3.8, 4) is 0 Å². The first-order valence-electron chi connectivity index (χ1n) is 6.49. The lowest BCUT2D eigenvalue weighted by Crippen LogP contribution is -2.35. The minimum Gasteiger partial charge on any atom is -0.395 e. The van der Waals surface area contributed by atoms with Crippen molar-refractivity contribution in [3.05, 3.63) is 34.6 Å². The molecule has 0 aliphatic heterocycles. The van der Waals surface area contributed by atoms with E-state index in [0.717, 1.165) is 5.56 Å². The highest BCUT2D eigenvalue weighted by Crippen LogP contribution is 2.25. The van der Waals surface area contributed by atoms with Gasteiger partial charge in [0.1, 0.15) is 5.82 Å². The molecule has 0 atom stereocenters. The number of benzene rings is 1. The molecule has 0 saturated heterocycles. The van der Waals surface area contributed by atoms with Gasteiger partial charge in [-0.15, -0.1) is 0 Å². The predicted molar refractivity (Wildman–Crippen MR) is 71.2 cm³/mol. The summed E-state index contributed by atoms with van der Waals surface area (Å²) in [5.41, 5.74) is 0.914. The van der Waals surface area contributed by atoms with Gasteiger partial charge < -0.3 is 5.11 Å². The van der Waals surface area contributed by atoms with E-state index >= 15 is 0 Å². The highest BCUT2D eigenvalue weighted by molar-refractivity contribution is 6.30. The summed E-state index contributed by atoms with van der Waals surface area (Å²) in [5, 5.41) is 9.30. The van der Waals surface area contributed by atoms with Gasteiger partial charge >= 0.3 is 0 Å². The third-order valence-electron chi connectivity index (χ3n) is 3.60. The summed E-state index contributed by atoms with van der Waals surface area (Å²) in [6.07, 6.45) is 4.86. The van der Waals surface area contributed by atoms with Gasteiger partial charge in [-0.1, -0.05) is 30.5 Å². The second kappa shape index (κ2) is 6.50. The maximum absolute atomic E-state index is 13.4. The number of rotatable bonds is 5. The van der Waals surface area contributed by atoms with Gasteiger partial charge in [-0.25, -0.2) is 4.39 Å². The second-order valence-corrected chi connectivity index (χ2v) is 5.29. The van der Waals surface area contributed by atoms with Gasteiger partial charge in [-0.05, 0) is 30.5 Å². The number of aliphatic hydroxyl groups excluding tert-OH is 1. The first-order chi connectivity index (χ1) is 8.70. The van der Waals surface area contributed by atoms with Crippen LogP contribution in [0.3, 0.4) is 0 Å². The number of nitrogens with zero attached hydrogens (tertiary/aromatic N) is 1. The Kier molecular flexibility index (Phi) is 4.98. The van der Waals surface area contributed by atoms with Gasteiger partial charge in [0.05, 0.1) is 11.6 Å². The summed E-state index contributed by atoms with van der Waals surface area (Å²) in [4.78, 5) is 2.25. The lowest BCUT2D eigenvalue weighted by atomic mass is 10.1. The van der Waals surface area contributed by atoms with Crippen LogP contribution < -0.4 is 0 Å². The minimum absolute atomic E-state index is 0.145. The Balaban J connectivity index is 2.04. The van der Waals surface area contributed by atoms with Crippen LogP contribution in [0.25, 0.3) is 0 Å². The summed E-state index contributed by atoms with van der Waals surface area (Å²) < 4.78 is 13.4. The maximum Gasteiger partial charge on any atom is 0.142 e. The Morgan fingerprint density at radius 3 is 2.67 bits per heavy atom. The lowest BCUT2D eigenvalue weighted by Gasteiger charge is -2.28. The van der Waals surface area contributed by atoms with E-state index in [1.807, 2.05) is 6.07 Å². The van der Waals surface area contributed by atoms with Gasteiger partial charge in [0, 0.05) is 19.1 Å². The molecular weight excluding hydrogens is 253 g/mol. The molecule has 1 aliphatic rings. The topological polar surface area (TPSA) is 23.5 Å². The first-order valence-corrected chi connectivity index (χ1v) is 6.87. The van der Waals surface area contributed by atoms with Crippen LogP contribution in [0.15, 0.2) is 18.2 Å². The second-order valence-electron chi connectivity index (χ2n) is 4.88. The Hall–Kier alpha value is -0.640. The van der Waals surface area contributed by atoms with E-state index < -0.39 is 0 Å². The monoisotopic (exact) mass is 271 g/mol. The molecule has 100 valence electrons. The molecular formula is C14H19ClFNO. The normalized spacial score (nSPS) is 16.7. The zero-order chi connectivity index (χ0) is 13.0.